The lowest BCUT2D eigenvalue weighted by Crippen LogP contribution is -2.15. The van der Waals surface area contributed by atoms with Gasteiger partial charge < -0.3 is 10.9 Å². The van der Waals surface area contributed by atoms with Crippen LogP contribution in [0.5, 0.6) is 0 Å². The molecule has 0 radical (unpaired) electrons. The highest BCUT2D eigenvalue weighted by molar-refractivity contribution is 9.10. The Kier molecular flexibility index (Phi) is 3.57. The number of halogens is 1. The van der Waals surface area contributed by atoms with Crippen LogP contribution in [0.2, 0.25) is 0 Å². The number of amidine groups is 1. The molecule has 0 amide bonds. The fraction of sp³-hybridized carbons (Fsp3) is 0.250. The first-order valence-corrected chi connectivity index (χ1v) is 6.42. The van der Waals surface area contributed by atoms with Crippen LogP contribution in [0.4, 0.5) is 0 Å². The van der Waals surface area contributed by atoms with E-state index in [1.54, 1.807) is 16.8 Å². The molecule has 0 aliphatic carbocycles. The molecule has 0 atom stereocenters. The quantitative estimate of drug-likeness (QED) is 0.383. The summed E-state index contributed by atoms with van der Waals surface area (Å²) in [5.74, 6) is 0.681. The standard InChI is InChI=1S/C12H14BrN5O/c1-6-4-9(12(14)17-19)5-10(15-6)18-8(3)11(13)7(2)16-18/h4-5,19H,1-3H3,(H2,14,17). The SMILES string of the molecule is Cc1cc(/C(N)=N/O)cc(-n2nc(C)c(Br)c2C)n1. The highest BCUT2D eigenvalue weighted by Gasteiger charge is 2.13. The number of aromatic nitrogens is 3. The second-order valence-corrected chi connectivity index (χ2v) is 5.03. The Labute approximate surface area is 119 Å². The Bertz CT molecular complexity index is 662. The van der Waals surface area contributed by atoms with Crippen molar-refractivity contribution in [1.29, 1.82) is 0 Å². The number of hydrogen-bond acceptors (Lipinski definition) is 4. The van der Waals surface area contributed by atoms with E-state index in [2.05, 4.69) is 31.2 Å². The van der Waals surface area contributed by atoms with Gasteiger partial charge in [0.05, 0.1) is 15.9 Å². The van der Waals surface area contributed by atoms with E-state index in [9.17, 15) is 0 Å². The number of pyridine rings is 1. The summed E-state index contributed by atoms with van der Waals surface area (Å²) in [4.78, 5) is 4.42. The lowest BCUT2D eigenvalue weighted by molar-refractivity contribution is 0.318. The predicted molar refractivity (Wildman–Crippen MR) is 75.8 cm³/mol. The average Bonchev–Trinajstić information content (AvgIpc) is 2.65. The van der Waals surface area contributed by atoms with E-state index in [1.165, 1.54) is 0 Å². The van der Waals surface area contributed by atoms with Crippen molar-refractivity contribution >= 4 is 21.8 Å². The van der Waals surface area contributed by atoms with E-state index in [0.29, 0.717) is 11.4 Å². The minimum Gasteiger partial charge on any atom is -0.409 e. The van der Waals surface area contributed by atoms with Gasteiger partial charge in [0.1, 0.15) is 0 Å². The van der Waals surface area contributed by atoms with Crippen LogP contribution in [-0.4, -0.2) is 25.8 Å². The third-order valence-corrected chi connectivity index (χ3v) is 3.91. The second-order valence-electron chi connectivity index (χ2n) is 4.24. The molecule has 19 heavy (non-hydrogen) atoms. The summed E-state index contributed by atoms with van der Waals surface area (Å²) in [6.07, 6.45) is 0. The summed E-state index contributed by atoms with van der Waals surface area (Å²) in [5, 5.41) is 16.2. The summed E-state index contributed by atoms with van der Waals surface area (Å²) in [7, 11) is 0. The highest BCUT2D eigenvalue weighted by atomic mass is 79.9. The number of nitrogens with zero attached hydrogens (tertiary/aromatic N) is 4. The first-order valence-electron chi connectivity index (χ1n) is 5.62. The van der Waals surface area contributed by atoms with E-state index in [0.717, 1.165) is 21.6 Å². The molecule has 0 saturated carbocycles. The van der Waals surface area contributed by atoms with E-state index in [-0.39, 0.29) is 5.84 Å². The molecule has 0 aliphatic rings. The highest BCUT2D eigenvalue weighted by Crippen LogP contribution is 2.22. The molecule has 0 unspecified atom stereocenters. The molecule has 7 heteroatoms. The van der Waals surface area contributed by atoms with Gasteiger partial charge in [-0.2, -0.15) is 5.10 Å². The van der Waals surface area contributed by atoms with Crippen molar-refractivity contribution in [1.82, 2.24) is 14.8 Å². The third-order valence-electron chi connectivity index (χ3n) is 2.76. The van der Waals surface area contributed by atoms with Crippen molar-refractivity contribution < 1.29 is 5.21 Å². The molecule has 3 N–H and O–H groups in total. The number of oxime groups is 1. The van der Waals surface area contributed by atoms with Gasteiger partial charge in [0.25, 0.3) is 0 Å². The van der Waals surface area contributed by atoms with Crippen molar-refractivity contribution in [2.45, 2.75) is 20.8 Å². The summed E-state index contributed by atoms with van der Waals surface area (Å²) in [5.41, 5.74) is 8.81. The first-order chi connectivity index (χ1) is 8.93. The Hall–Kier alpha value is -1.89. The minimum absolute atomic E-state index is 0.0485. The summed E-state index contributed by atoms with van der Waals surface area (Å²) in [6.45, 7) is 5.70. The van der Waals surface area contributed by atoms with Gasteiger partial charge in [0.15, 0.2) is 11.7 Å². The Balaban J connectivity index is 2.62. The molecule has 0 bridgehead atoms. The number of nitrogens with two attached hydrogens (primary N) is 1. The van der Waals surface area contributed by atoms with Crippen LogP contribution >= 0.6 is 15.9 Å². The zero-order valence-electron chi connectivity index (χ0n) is 10.8. The maximum absolute atomic E-state index is 8.76. The molecule has 2 aromatic heterocycles. The lowest BCUT2D eigenvalue weighted by Gasteiger charge is -2.07. The molecule has 0 saturated heterocycles. The van der Waals surface area contributed by atoms with Crippen LogP contribution in [-0.2, 0) is 0 Å². The minimum atomic E-state index is 0.0485. The van der Waals surface area contributed by atoms with Gasteiger partial charge in [0.2, 0.25) is 0 Å². The molecule has 6 nitrogen and oxygen atoms in total. The molecular weight excluding hydrogens is 310 g/mol. The summed E-state index contributed by atoms with van der Waals surface area (Å²) >= 11 is 3.48. The molecule has 0 fully saturated rings. The zero-order chi connectivity index (χ0) is 14.2. The van der Waals surface area contributed by atoms with Gasteiger partial charge in [-0.1, -0.05) is 5.16 Å². The van der Waals surface area contributed by atoms with E-state index >= 15 is 0 Å². The van der Waals surface area contributed by atoms with Crippen molar-refractivity contribution in [3.8, 4) is 5.82 Å². The van der Waals surface area contributed by atoms with Gasteiger partial charge in [0, 0.05) is 11.3 Å². The Morgan fingerprint density at radius 2 is 2.05 bits per heavy atom. The Morgan fingerprint density at radius 3 is 2.58 bits per heavy atom. The summed E-state index contributed by atoms with van der Waals surface area (Å²) < 4.78 is 2.67. The van der Waals surface area contributed by atoms with Crippen LogP contribution in [0, 0.1) is 20.8 Å². The van der Waals surface area contributed by atoms with Crippen molar-refractivity contribution in [2.24, 2.45) is 10.9 Å². The number of aryl methyl sites for hydroxylation is 2. The maximum atomic E-state index is 8.76. The van der Waals surface area contributed by atoms with Crippen LogP contribution in [0.1, 0.15) is 22.6 Å². The molecule has 2 rings (SSSR count). The second kappa shape index (κ2) is 5.00. The van der Waals surface area contributed by atoms with Crippen LogP contribution < -0.4 is 5.73 Å². The van der Waals surface area contributed by atoms with Crippen LogP contribution in [0.15, 0.2) is 21.8 Å². The fourth-order valence-corrected chi connectivity index (χ4v) is 2.06. The normalized spacial score (nSPS) is 11.9. The predicted octanol–water partition coefficient (Wildman–Crippen LogP) is 2.05. The fourth-order valence-electron chi connectivity index (χ4n) is 1.81. The van der Waals surface area contributed by atoms with Crippen molar-refractivity contribution in [3.05, 3.63) is 39.3 Å². The first kappa shape index (κ1) is 13.5. The number of hydrogen-bond donors (Lipinski definition) is 2. The molecule has 0 aromatic carbocycles. The topological polar surface area (TPSA) is 89.3 Å². The average molecular weight is 324 g/mol. The molecule has 0 aliphatic heterocycles. The van der Waals surface area contributed by atoms with Gasteiger partial charge in [-0.05, 0) is 48.8 Å². The monoisotopic (exact) mass is 323 g/mol. The van der Waals surface area contributed by atoms with Crippen molar-refractivity contribution in [3.63, 3.8) is 0 Å². The summed E-state index contributed by atoms with van der Waals surface area (Å²) in [6, 6.07) is 3.48. The van der Waals surface area contributed by atoms with Gasteiger partial charge in [-0.15, -0.1) is 0 Å². The molecular formula is C12H14BrN5O. The third kappa shape index (κ3) is 2.46. The van der Waals surface area contributed by atoms with Crippen molar-refractivity contribution in [2.75, 3.05) is 0 Å². The van der Waals surface area contributed by atoms with Crippen LogP contribution in [0.3, 0.4) is 0 Å². The molecule has 0 spiro atoms. The van der Waals surface area contributed by atoms with Crippen LogP contribution in [0.25, 0.3) is 5.82 Å². The lowest BCUT2D eigenvalue weighted by atomic mass is 10.2. The molecule has 2 heterocycles. The number of rotatable bonds is 2. The zero-order valence-corrected chi connectivity index (χ0v) is 12.4. The smallest absolute Gasteiger partial charge is 0.170 e. The van der Waals surface area contributed by atoms with E-state index < -0.39 is 0 Å². The molecule has 2 aromatic rings. The van der Waals surface area contributed by atoms with Gasteiger partial charge >= 0.3 is 0 Å². The Morgan fingerprint density at radius 1 is 1.37 bits per heavy atom. The van der Waals surface area contributed by atoms with Gasteiger partial charge in [-0.25, -0.2) is 9.67 Å². The largest absolute Gasteiger partial charge is 0.409 e. The van der Waals surface area contributed by atoms with Gasteiger partial charge in [-0.3, -0.25) is 0 Å². The maximum Gasteiger partial charge on any atom is 0.170 e. The van der Waals surface area contributed by atoms with E-state index in [4.69, 9.17) is 10.9 Å². The van der Waals surface area contributed by atoms with E-state index in [1.807, 2.05) is 20.8 Å². The molecule has 100 valence electrons.